The summed E-state index contributed by atoms with van der Waals surface area (Å²) in [4.78, 5) is 12.2. The van der Waals surface area contributed by atoms with Crippen LogP contribution in [-0.4, -0.2) is 11.6 Å². The third kappa shape index (κ3) is 2.76. The van der Waals surface area contributed by atoms with Crippen LogP contribution in [0.1, 0.15) is 50.2 Å². The predicted octanol–water partition coefficient (Wildman–Crippen LogP) is 4.22. The smallest absolute Gasteiger partial charge is 0.333 e. The summed E-state index contributed by atoms with van der Waals surface area (Å²) in [6.07, 6.45) is 7.92. The maximum Gasteiger partial charge on any atom is 0.333 e. The van der Waals surface area contributed by atoms with Crippen LogP contribution in [0.2, 0.25) is 0 Å². The molecule has 0 aromatic heterocycles. The van der Waals surface area contributed by atoms with E-state index in [2.05, 4.69) is 30.8 Å². The second kappa shape index (κ2) is 5.67. The lowest BCUT2D eigenvalue weighted by atomic mass is 9.75. The van der Waals surface area contributed by atoms with Crippen LogP contribution in [-0.2, 0) is 22.4 Å². The molecule has 0 radical (unpaired) electrons. The Bertz CT molecular complexity index is 527. The van der Waals surface area contributed by atoms with Gasteiger partial charge in [0.05, 0.1) is 0 Å². The van der Waals surface area contributed by atoms with E-state index in [0.717, 1.165) is 12.8 Å². The molecule has 2 aliphatic carbocycles. The Balaban J connectivity index is 1.89. The van der Waals surface area contributed by atoms with Crippen LogP contribution in [0.15, 0.2) is 36.4 Å². The van der Waals surface area contributed by atoms with Gasteiger partial charge in [0.1, 0.15) is 5.60 Å². The van der Waals surface area contributed by atoms with Crippen molar-refractivity contribution in [3.8, 4) is 0 Å². The lowest BCUT2D eigenvalue weighted by molar-refractivity contribution is -0.161. The third-order valence-corrected chi connectivity index (χ3v) is 5.09. The van der Waals surface area contributed by atoms with Gasteiger partial charge in [-0.1, -0.05) is 50.1 Å². The molecule has 0 heterocycles. The normalized spacial score (nSPS) is 20.8. The Kier molecular flexibility index (Phi) is 3.88. The predicted molar refractivity (Wildman–Crippen MR) is 84.1 cm³/mol. The van der Waals surface area contributed by atoms with E-state index in [1.165, 1.54) is 43.2 Å². The summed E-state index contributed by atoms with van der Waals surface area (Å²) in [7, 11) is 0. The Labute approximate surface area is 127 Å². The maximum absolute atomic E-state index is 12.2. The highest BCUT2D eigenvalue weighted by Crippen LogP contribution is 2.44. The van der Waals surface area contributed by atoms with Gasteiger partial charge in [0, 0.05) is 18.4 Å². The van der Waals surface area contributed by atoms with Crippen LogP contribution < -0.4 is 0 Å². The van der Waals surface area contributed by atoms with E-state index in [-0.39, 0.29) is 11.6 Å². The molecular weight excluding hydrogens is 260 g/mol. The average Bonchev–Trinajstić information content (AvgIpc) is 2.87. The molecule has 1 fully saturated rings. The van der Waals surface area contributed by atoms with Gasteiger partial charge in [-0.05, 0) is 36.8 Å². The second-order valence-electron chi connectivity index (χ2n) is 6.69. The Morgan fingerprint density at radius 1 is 1.14 bits per heavy atom. The number of hydrogen-bond donors (Lipinski definition) is 0. The quantitative estimate of drug-likeness (QED) is 0.613. The number of ether oxygens (including phenoxy) is 1. The molecule has 0 bridgehead atoms. The second-order valence-corrected chi connectivity index (χ2v) is 6.69. The minimum atomic E-state index is -0.333. The molecule has 0 saturated heterocycles. The number of rotatable bonds is 3. The molecule has 0 unspecified atom stereocenters. The molecule has 2 heteroatoms. The van der Waals surface area contributed by atoms with E-state index >= 15 is 0 Å². The largest absolute Gasteiger partial charge is 0.455 e. The first-order chi connectivity index (χ1) is 10.1. The molecule has 112 valence electrons. The van der Waals surface area contributed by atoms with Crippen LogP contribution in [0.5, 0.6) is 0 Å². The van der Waals surface area contributed by atoms with Gasteiger partial charge in [0.15, 0.2) is 0 Å². The Hall–Kier alpha value is -1.57. The number of hydrogen-bond acceptors (Lipinski definition) is 2. The summed E-state index contributed by atoms with van der Waals surface area (Å²) in [6, 6.07) is 8.51. The van der Waals surface area contributed by atoms with E-state index in [1.807, 2.05) is 0 Å². The van der Waals surface area contributed by atoms with Crippen LogP contribution in [0.3, 0.4) is 0 Å². The molecule has 21 heavy (non-hydrogen) atoms. The standard InChI is InChI=1S/C19H24O2/c1-14(2)18(20)21-19(17-10-4-3-5-11-17)12-15-8-6-7-9-16(15)13-19/h6-9,17H,1,3-5,10-13H2,2H3. The maximum atomic E-state index is 12.2. The van der Waals surface area contributed by atoms with Crippen LogP contribution in [0.25, 0.3) is 0 Å². The number of benzene rings is 1. The molecule has 0 amide bonds. The van der Waals surface area contributed by atoms with Crippen molar-refractivity contribution in [2.24, 2.45) is 5.92 Å². The SMILES string of the molecule is C=C(C)C(=O)OC1(C2CCCCC2)Cc2ccccc2C1. The summed E-state index contributed by atoms with van der Waals surface area (Å²) in [6.45, 7) is 5.48. The topological polar surface area (TPSA) is 26.3 Å². The van der Waals surface area contributed by atoms with Gasteiger partial charge < -0.3 is 4.74 Å². The minimum Gasteiger partial charge on any atom is -0.455 e. The van der Waals surface area contributed by atoms with Crippen molar-refractivity contribution in [1.82, 2.24) is 0 Å². The Morgan fingerprint density at radius 2 is 1.71 bits per heavy atom. The Morgan fingerprint density at radius 3 is 2.24 bits per heavy atom. The average molecular weight is 284 g/mol. The van der Waals surface area contributed by atoms with Gasteiger partial charge in [-0.2, -0.15) is 0 Å². The monoisotopic (exact) mass is 284 g/mol. The first-order valence-electron chi connectivity index (χ1n) is 8.06. The third-order valence-electron chi connectivity index (χ3n) is 5.09. The van der Waals surface area contributed by atoms with Gasteiger partial charge in [-0.15, -0.1) is 0 Å². The van der Waals surface area contributed by atoms with E-state index < -0.39 is 0 Å². The molecule has 2 nitrogen and oxygen atoms in total. The van der Waals surface area contributed by atoms with Crippen LogP contribution in [0, 0.1) is 5.92 Å². The summed E-state index contributed by atoms with van der Waals surface area (Å²) >= 11 is 0. The summed E-state index contributed by atoms with van der Waals surface area (Å²) in [5.41, 5.74) is 2.86. The highest BCUT2D eigenvalue weighted by Gasteiger charge is 2.47. The molecule has 0 spiro atoms. The molecule has 0 N–H and O–H groups in total. The summed E-state index contributed by atoms with van der Waals surface area (Å²) in [5, 5.41) is 0. The highest BCUT2D eigenvalue weighted by atomic mass is 16.6. The molecule has 3 rings (SSSR count). The van der Waals surface area contributed by atoms with Crippen molar-refractivity contribution in [1.29, 1.82) is 0 Å². The van der Waals surface area contributed by atoms with Gasteiger partial charge in [0.2, 0.25) is 0 Å². The van der Waals surface area contributed by atoms with Crippen molar-refractivity contribution in [3.05, 3.63) is 47.5 Å². The molecule has 0 aliphatic heterocycles. The molecule has 1 saturated carbocycles. The first-order valence-corrected chi connectivity index (χ1v) is 8.06. The lowest BCUT2D eigenvalue weighted by Gasteiger charge is -2.39. The van der Waals surface area contributed by atoms with Gasteiger partial charge in [-0.25, -0.2) is 4.79 Å². The molecule has 1 aromatic carbocycles. The van der Waals surface area contributed by atoms with Crippen LogP contribution >= 0.6 is 0 Å². The first kappa shape index (κ1) is 14.4. The van der Waals surface area contributed by atoms with E-state index in [1.54, 1.807) is 6.92 Å². The fourth-order valence-corrected chi connectivity index (χ4v) is 3.95. The lowest BCUT2D eigenvalue weighted by Crippen LogP contribution is -2.44. The number of esters is 1. The van der Waals surface area contributed by atoms with Crippen molar-refractivity contribution in [3.63, 3.8) is 0 Å². The number of fused-ring (bicyclic) bond motifs is 1. The van der Waals surface area contributed by atoms with Gasteiger partial charge in [0.25, 0.3) is 0 Å². The molecular formula is C19H24O2. The number of carbonyl (C=O) groups is 1. The van der Waals surface area contributed by atoms with Crippen LogP contribution in [0.4, 0.5) is 0 Å². The van der Waals surface area contributed by atoms with E-state index in [9.17, 15) is 4.79 Å². The van der Waals surface area contributed by atoms with Gasteiger partial charge >= 0.3 is 5.97 Å². The zero-order valence-corrected chi connectivity index (χ0v) is 12.9. The highest BCUT2D eigenvalue weighted by molar-refractivity contribution is 5.87. The summed E-state index contributed by atoms with van der Waals surface area (Å²) in [5.74, 6) is 0.260. The molecule has 0 atom stereocenters. The fourth-order valence-electron chi connectivity index (χ4n) is 3.95. The number of carbonyl (C=O) groups excluding carboxylic acids is 1. The fraction of sp³-hybridized carbons (Fsp3) is 0.526. The van der Waals surface area contributed by atoms with Crippen molar-refractivity contribution in [2.75, 3.05) is 0 Å². The van der Waals surface area contributed by atoms with E-state index in [4.69, 9.17) is 4.74 Å². The van der Waals surface area contributed by atoms with Gasteiger partial charge in [-0.3, -0.25) is 0 Å². The zero-order valence-electron chi connectivity index (χ0n) is 12.9. The van der Waals surface area contributed by atoms with E-state index in [0.29, 0.717) is 11.5 Å². The zero-order chi connectivity index (χ0) is 14.9. The molecule has 1 aromatic rings. The molecule has 2 aliphatic rings. The van der Waals surface area contributed by atoms with Crippen molar-refractivity contribution in [2.45, 2.75) is 57.5 Å². The van der Waals surface area contributed by atoms with Crippen molar-refractivity contribution >= 4 is 5.97 Å². The van der Waals surface area contributed by atoms with Crippen molar-refractivity contribution < 1.29 is 9.53 Å². The minimum absolute atomic E-state index is 0.228. The summed E-state index contributed by atoms with van der Waals surface area (Å²) < 4.78 is 6.04.